The monoisotopic (exact) mass is 327 g/mol. The van der Waals surface area contributed by atoms with Gasteiger partial charge in [-0.3, -0.25) is 4.98 Å². The molecule has 2 unspecified atom stereocenters. The molecule has 0 saturated carbocycles. The highest BCUT2D eigenvalue weighted by Crippen LogP contribution is 2.42. The maximum atomic E-state index is 11.6. The topological polar surface area (TPSA) is 66.9 Å². The second-order valence-corrected chi connectivity index (χ2v) is 5.06. The third kappa shape index (κ3) is 3.38. The second kappa shape index (κ2) is 7.14. The highest BCUT2D eigenvalue weighted by molar-refractivity contribution is 5.82. The molecule has 0 radical (unpaired) electrons. The Morgan fingerprint density at radius 1 is 1.17 bits per heavy atom. The van der Waals surface area contributed by atoms with Crippen LogP contribution in [0.4, 0.5) is 0 Å². The van der Waals surface area contributed by atoms with Crippen LogP contribution in [0.25, 0.3) is 0 Å². The van der Waals surface area contributed by atoms with Crippen LogP contribution < -0.4 is 4.74 Å². The van der Waals surface area contributed by atoms with E-state index in [1.54, 1.807) is 19.4 Å². The number of ether oxygens (including phenoxy) is 4. The molecule has 6 nitrogen and oxygen atoms in total. The van der Waals surface area contributed by atoms with Crippen molar-refractivity contribution in [1.82, 2.24) is 4.98 Å². The lowest BCUT2D eigenvalue weighted by Crippen LogP contribution is -2.03. The van der Waals surface area contributed by atoms with Crippen LogP contribution in [0.2, 0.25) is 0 Å². The van der Waals surface area contributed by atoms with Gasteiger partial charge in [0.05, 0.1) is 20.3 Å². The van der Waals surface area contributed by atoms with Gasteiger partial charge in [0.25, 0.3) is 0 Å². The van der Waals surface area contributed by atoms with Crippen molar-refractivity contribution in [2.45, 2.75) is 12.4 Å². The maximum Gasteiger partial charge on any atom is 0.333 e. The summed E-state index contributed by atoms with van der Waals surface area (Å²) in [6, 6.07) is 12.8. The largest absolute Gasteiger partial charge is 0.497 e. The number of esters is 1. The number of pyridine rings is 1. The Bertz CT molecular complexity index is 727. The Balaban J connectivity index is 1.91. The molecule has 3 rings (SSSR count). The zero-order valence-electron chi connectivity index (χ0n) is 13.3. The molecular formula is C18H17NO5. The summed E-state index contributed by atoms with van der Waals surface area (Å²) in [6.45, 7) is 0. The Hall–Kier alpha value is -2.86. The number of benzene rings is 1. The Labute approximate surface area is 139 Å². The molecule has 124 valence electrons. The summed E-state index contributed by atoms with van der Waals surface area (Å²) < 4.78 is 21.6. The van der Waals surface area contributed by atoms with Crippen LogP contribution in [-0.4, -0.2) is 25.2 Å². The fourth-order valence-corrected chi connectivity index (χ4v) is 2.36. The van der Waals surface area contributed by atoms with Gasteiger partial charge in [-0.2, -0.15) is 0 Å². The average Bonchev–Trinajstić information content (AvgIpc) is 3.06. The second-order valence-electron chi connectivity index (χ2n) is 5.06. The van der Waals surface area contributed by atoms with E-state index in [9.17, 15) is 4.79 Å². The van der Waals surface area contributed by atoms with Gasteiger partial charge in [0, 0.05) is 6.20 Å². The summed E-state index contributed by atoms with van der Waals surface area (Å²) in [5.41, 5.74) is 1.47. The van der Waals surface area contributed by atoms with Gasteiger partial charge in [-0.05, 0) is 29.8 Å². The first-order valence-corrected chi connectivity index (χ1v) is 7.38. The molecule has 1 aliphatic rings. The number of carbonyl (C=O) groups excluding carboxylic acids is 1. The predicted molar refractivity (Wildman–Crippen MR) is 85.0 cm³/mol. The smallest absolute Gasteiger partial charge is 0.333 e. The van der Waals surface area contributed by atoms with Gasteiger partial charge in [0.15, 0.2) is 0 Å². The first-order valence-electron chi connectivity index (χ1n) is 7.38. The fourth-order valence-electron chi connectivity index (χ4n) is 2.36. The lowest BCUT2D eigenvalue weighted by molar-refractivity contribution is -0.135. The summed E-state index contributed by atoms with van der Waals surface area (Å²) in [5, 5.41) is 0. The summed E-state index contributed by atoms with van der Waals surface area (Å²) in [7, 11) is 2.91. The predicted octanol–water partition coefficient (Wildman–Crippen LogP) is 2.93. The molecule has 0 bridgehead atoms. The summed E-state index contributed by atoms with van der Waals surface area (Å²) in [5.74, 6) is 0.605. The van der Waals surface area contributed by atoms with E-state index in [0.29, 0.717) is 11.5 Å². The molecule has 2 atom stereocenters. The number of nitrogens with zero attached hydrogens (tertiary/aromatic N) is 1. The van der Waals surface area contributed by atoms with Gasteiger partial charge in [0.2, 0.25) is 6.29 Å². The van der Waals surface area contributed by atoms with Crippen molar-refractivity contribution >= 4 is 5.97 Å². The Morgan fingerprint density at radius 2 is 1.96 bits per heavy atom. The first kappa shape index (κ1) is 16.0. The molecule has 0 N–H and O–H groups in total. The lowest BCUT2D eigenvalue weighted by Gasteiger charge is -2.10. The van der Waals surface area contributed by atoms with Crippen LogP contribution in [0.5, 0.6) is 5.75 Å². The number of aromatic nitrogens is 1. The molecule has 2 aromatic rings. The first-order chi connectivity index (χ1) is 11.7. The van der Waals surface area contributed by atoms with Crippen LogP contribution >= 0.6 is 0 Å². The van der Waals surface area contributed by atoms with E-state index in [1.807, 2.05) is 36.4 Å². The average molecular weight is 327 g/mol. The highest BCUT2D eigenvalue weighted by Gasteiger charge is 2.35. The van der Waals surface area contributed by atoms with Gasteiger partial charge in [0.1, 0.15) is 23.3 Å². The van der Waals surface area contributed by atoms with E-state index in [1.165, 1.54) is 13.2 Å². The van der Waals surface area contributed by atoms with E-state index in [2.05, 4.69) is 9.72 Å². The van der Waals surface area contributed by atoms with E-state index >= 15 is 0 Å². The third-order valence-corrected chi connectivity index (χ3v) is 3.57. The number of methoxy groups -OCH3 is 2. The normalized spacial score (nSPS) is 21.3. The minimum absolute atomic E-state index is 0.377. The van der Waals surface area contributed by atoms with Crippen LogP contribution in [0.3, 0.4) is 0 Å². The fraction of sp³-hybridized carbons (Fsp3) is 0.222. The number of rotatable bonds is 4. The SMILES string of the molecule is COC(=O)/C=C1\OC(c2ccccn2)OC1c1ccc(OC)cc1. The molecule has 1 aromatic heterocycles. The van der Waals surface area contributed by atoms with E-state index in [0.717, 1.165) is 11.3 Å². The maximum absolute atomic E-state index is 11.6. The van der Waals surface area contributed by atoms with Crippen molar-refractivity contribution in [2.75, 3.05) is 14.2 Å². The van der Waals surface area contributed by atoms with E-state index in [-0.39, 0.29) is 0 Å². The van der Waals surface area contributed by atoms with Crippen molar-refractivity contribution in [3.8, 4) is 5.75 Å². The molecule has 1 saturated heterocycles. The van der Waals surface area contributed by atoms with Crippen LogP contribution in [-0.2, 0) is 19.0 Å². The van der Waals surface area contributed by atoms with Gasteiger partial charge < -0.3 is 18.9 Å². The minimum Gasteiger partial charge on any atom is -0.497 e. The van der Waals surface area contributed by atoms with Crippen molar-refractivity contribution < 1.29 is 23.7 Å². The molecule has 0 amide bonds. The lowest BCUT2D eigenvalue weighted by atomic mass is 10.1. The standard InChI is InChI=1S/C18H17NO5/c1-21-13-8-6-12(7-9-13)17-15(11-16(20)22-2)23-18(24-17)14-5-3-4-10-19-14/h3-11,17-18H,1-2H3/b15-11-. The third-order valence-electron chi connectivity index (χ3n) is 3.57. The summed E-state index contributed by atoms with van der Waals surface area (Å²) in [4.78, 5) is 15.9. The van der Waals surface area contributed by atoms with Crippen LogP contribution in [0, 0.1) is 0 Å². The number of hydrogen-bond donors (Lipinski definition) is 0. The van der Waals surface area contributed by atoms with Crippen molar-refractivity contribution in [3.05, 3.63) is 71.8 Å². The van der Waals surface area contributed by atoms with E-state index in [4.69, 9.17) is 14.2 Å². The molecule has 1 aliphatic heterocycles. The molecule has 2 heterocycles. The quantitative estimate of drug-likeness (QED) is 0.635. The Morgan fingerprint density at radius 3 is 2.58 bits per heavy atom. The molecular weight excluding hydrogens is 310 g/mol. The van der Waals surface area contributed by atoms with Gasteiger partial charge in [-0.1, -0.05) is 18.2 Å². The molecule has 24 heavy (non-hydrogen) atoms. The molecule has 0 spiro atoms. The van der Waals surface area contributed by atoms with Crippen molar-refractivity contribution in [3.63, 3.8) is 0 Å². The van der Waals surface area contributed by atoms with Gasteiger partial charge in [-0.25, -0.2) is 4.79 Å². The molecule has 1 aromatic carbocycles. The van der Waals surface area contributed by atoms with E-state index < -0.39 is 18.4 Å². The van der Waals surface area contributed by atoms with Crippen LogP contribution in [0.1, 0.15) is 23.7 Å². The van der Waals surface area contributed by atoms with Crippen molar-refractivity contribution in [2.24, 2.45) is 0 Å². The Kier molecular flexibility index (Phi) is 4.77. The number of carbonyl (C=O) groups is 1. The number of hydrogen-bond acceptors (Lipinski definition) is 6. The zero-order chi connectivity index (χ0) is 16.9. The molecule has 1 fully saturated rings. The van der Waals surface area contributed by atoms with Crippen molar-refractivity contribution in [1.29, 1.82) is 0 Å². The van der Waals surface area contributed by atoms with Gasteiger partial charge >= 0.3 is 5.97 Å². The molecule has 0 aliphatic carbocycles. The zero-order valence-corrected chi connectivity index (χ0v) is 13.3. The summed E-state index contributed by atoms with van der Waals surface area (Å²) >= 11 is 0. The molecule has 6 heteroatoms. The van der Waals surface area contributed by atoms with Gasteiger partial charge in [-0.15, -0.1) is 0 Å². The highest BCUT2D eigenvalue weighted by atomic mass is 16.7. The summed E-state index contributed by atoms with van der Waals surface area (Å²) in [6.07, 6.45) is 1.74. The minimum atomic E-state index is -0.686. The van der Waals surface area contributed by atoms with Crippen LogP contribution in [0.15, 0.2) is 60.5 Å².